The van der Waals surface area contributed by atoms with Gasteiger partial charge < -0.3 is 9.16 Å². The fourth-order valence-corrected chi connectivity index (χ4v) is 7.58. The van der Waals surface area contributed by atoms with Crippen molar-refractivity contribution in [3.05, 3.63) is 0 Å². The fraction of sp³-hybridized carbons (Fsp3) is 0.938. The molecule has 6 atom stereocenters. The minimum atomic E-state index is -1.67. The van der Waals surface area contributed by atoms with E-state index in [9.17, 15) is 4.79 Å². The molecular formula is C16H26O3Si. The second-order valence-electron chi connectivity index (χ2n) is 8.50. The molecule has 3 aliphatic carbocycles. The highest BCUT2D eigenvalue weighted by atomic mass is 28.4. The van der Waals surface area contributed by atoms with Gasteiger partial charge in [0.05, 0.1) is 5.60 Å². The van der Waals surface area contributed by atoms with Crippen LogP contribution in [0.5, 0.6) is 0 Å². The molecule has 0 radical (unpaired) electrons. The summed E-state index contributed by atoms with van der Waals surface area (Å²) in [4.78, 5) is 12.7. The predicted octanol–water partition coefficient (Wildman–Crippen LogP) is 3.35. The van der Waals surface area contributed by atoms with Crippen LogP contribution in [-0.4, -0.2) is 26.0 Å². The molecule has 3 nitrogen and oxygen atoms in total. The van der Waals surface area contributed by atoms with E-state index in [1.165, 1.54) is 12.8 Å². The van der Waals surface area contributed by atoms with Crippen molar-refractivity contribution >= 4 is 14.3 Å². The maximum Gasteiger partial charge on any atom is 0.315 e. The van der Waals surface area contributed by atoms with Crippen LogP contribution in [0.4, 0.5) is 0 Å². The van der Waals surface area contributed by atoms with Crippen molar-refractivity contribution in [3.8, 4) is 0 Å². The van der Waals surface area contributed by atoms with Crippen molar-refractivity contribution in [2.24, 2.45) is 23.2 Å². The van der Waals surface area contributed by atoms with Gasteiger partial charge in [-0.3, -0.25) is 4.79 Å². The van der Waals surface area contributed by atoms with E-state index in [1.807, 2.05) is 0 Å². The molecule has 4 rings (SSSR count). The highest BCUT2D eigenvalue weighted by Gasteiger charge is 2.84. The van der Waals surface area contributed by atoms with Gasteiger partial charge in [0.1, 0.15) is 11.5 Å². The summed E-state index contributed by atoms with van der Waals surface area (Å²) < 4.78 is 12.6. The molecule has 4 heteroatoms. The lowest BCUT2D eigenvalue weighted by Gasteiger charge is -2.66. The Kier molecular flexibility index (Phi) is 2.46. The molecule has 4 aliphatic rings. The van der Waals surface area contributed by atoms with Crippen LogP contribution in [0.3, 0.4) is 0 Å². The highest BCUT2D eigenvalue weighted by Crippen LogP contribution is 2.76. The van der Waals surface area contributed by atoms with Gasteiger partial charge in [0.15, 0.2) is 8.32 Å². The molecule has 1 saturated heterocycles. The molecule has 112 valence electrons. The Morgan fingerprint density at radius 3 is 2.65 bits per heavy atom. The summed E-state index contributed by atoms with van der Waals surface area (Å²) in [6.45, 7) is 9.03. The summed E-state index contributed by atoms with van der Waals surface area (Å²) in [6, 6.07) is 0. The lowest BCUT2D eigenvalue weighted by Crippen LogP contribution is -2.74. The van der Waals surface area contributed by atoms with E-state index in [0.29, 0.717) is 17.8 Å². The van der Waals surface area contributed by atoms with Gasteiger partial charge in [-0.2, -0.15) is 0 Å². The van der Waals surface area contributed by atoms with E-state index >= 15 is 0 Å². The van der Waals surface area contributed by atoms with Crippen LogP contribution in [0.2, 0.25) is 19.6 Å². The molecule has 1 aliphatic heterocycles. The van der Waals surface area contributed by atoms with Crippen LogP contribution in [0.1, 0.15) is 39.0 Å². The number of rotatable bonds is 2. The minimum absolute atomic E-state index is 0.0771. The summed E-state index contributed by atoms with van der Waals surface area (Å²) in [6.07, 6.45) is 5.82. The van der Waals surface area contributed by atoms with Gasteiger partial charge in [0.25, 0.3) is 0 Å². The van der Waals surface area contributed by atoms with Gasteiger partial charge in [-0.15, -0.1) is 0 Å². The molecule has 1 heterocycles. The monoisotopic (exact) mass is 294 g/mol. The van der Waals surface area contributed by atoms with Gasteiger partial charge in [-0.05, 0) is 50.7 Å². The van der Waals surface area contributed by atoms with Crippen LogP contribution < -0.4 is 0 Å². The van der Waals surface area contributed by atoms with Gasteiger partial charge in [0.2, 0.25) is 0 Å². The van der Waals surface area contributed by atoms with Gasteiger partial charge >= 0.3 is 5.97 Å². The molecular weight excluding hydrogens is 268 g/mol. The molecule has 0 aromatic rings. The van der Waals surface area contributed by atoms with Crippen LogP contribution >= 0.6 is 0 Å². The molecule has 0 aromatic heterocycles. The Labute approximate surface area is 122 Å². The Hall–Kier alpha value is -0.353. The van der Waals surface area contributed by atoms with Gasteiger partial charge in [-0.1, -0.05) is 19.8 Å². The lowest BCUT2D eigenvalue weighted by atomic mass is 9.41. The predicted molar refractivity (Wildman–Crippen MR) is 78.7 cm³/mol. The highest BCUT2D eigenvalue weighted by molar-refractivity contribution is 6.69. The van der Waals surface area contributed by atoms with E-state index in [1.54, 1.807) is 0 Å². The first kappa shape index (κ1) is 13.3. The first-order valence-corrected chi connectivity index (χ1v) is 11.6. The van der Waals surface area contributed by atoms with E-state index in [-0.39, 0.29) is 23.1 Å². The summed E-state index contributed by atoms with van der Waals surface area (Å²) >= 11 is 0. The third kappa shape index (κ3) is 1.29. The van der Waals surface area contributed by atoms with Crippen molar-refractivity contribution in [1.29, 1.82) is 0 Å². The summed E-state index contributed by atoms with van der Waals surface area (Å²) in [5, 5.41) is 0. The molecule has 0 bridgehead atoms. The van der Waals surface area contributed by atoms with Gasteiger partial charge in [-0.25, -0.2) is 0 Å². The van der Waals surface area contributed by atoms with Crippen LogP contribution in [-0.2, 0) is 14.0 Å². The topological polar surface area (TPSA) is 35.5 Å². The van der Waals surface area contributed by atoms with Crippen LogP contribution in [0.25, 0.3) is 0 Å². The molecule has 0 unspecified atom stereocenters. The molecule has 4 fully saturated rings. The number of carbonyl (C=O) groups is 1. The third-order valence-electron chi connectivity index (χ3n) is 6.36. The fourth-order valence-electron chi connectivity index (χ4n) is 6.06. The average molecular weight is 294 g/mol. The van der Waals surface area contributed by atoms with E-state index in [4.69, 9.17) is 9.16 Å². The quantitative estimate of drug-likeness (QED) is 0.579. The largest absolute Gasteiger partial charge is 0.461 e. The maximum absolute atomic E-state index is 12.7. The lowest BCUT2D eigenvalue weighted by molar-refractivity contribution is -0.242. The van der Waals surface area contributed by atoms with Crippen molar-refractivity contribution < 1.29 is 14.0 Å². The third-order valence-corrected chi connectivity index (χ3v) is 7.34. The summed E-state index contributed by atoms with van der Waals surface area (Å²) in [5.41, 5.74) is -0.442. The van der Waals surface area contributed by atoms with E-state index < -0.39 is 8.32 Å². The van der Waals surface area contributed by atoms with Crippen LogP contribution in [0.15, 0.2) is 0 Å². The van der Waals surface area contributed by atoms with Gasteiger partial charge in [0, 0.05) is 5.92 Å². The Morgan fingerprint density at radius 2 is 1.95 bits per heavy atom. The van der Waals surface area contributed by atoms with Crippen molar-refractivity contribution in [2.45, 2.75) is 70.4 Å². The first-order chi connectivity index (χ1) is 9.32. The first-order valence-electron chi connectivity index (χ1n) is 8.23. The average Bonchev–Trinajstić information content (AvgIpc) is 2.75. The van der Waals surface area contributed by atoms with Crippen LogP contribution in [0, 0.1) is 23.2 Å². The number of carbonyl (C=O) groups excluding carboxylic acids is 1. The zero-order chi connectivity index (χ0) is 14.3. The van der Waals surface area contributed by atoms with Crippen molar-refractivity contribution in [3.63, 3.8) is 0 Å². The Bertz CT molecular complexity index is 471. The van der Waals surface area contributed by atoms with Crippen molar-refractivity contribution in [1.82, 2.24) is 0 Å². The smallest absolute Gasteiger partial charge is 0.315 e. The number of ether oxygens (including phenoxy) is 1. The summed E-state index contributed by atoms with van der Waals surface area (Å²) in [7, 11) is -1.67. The second-order valence-corrected chi connectivity index (χ2v) is 12.9. The molecule has 3 saturated carbocycles. The molecule has 0 N–H and O–H groups in total. The SMILES string of the molecule is C[C@H]1C[C@H]2[C@H]3[C@@H]1OC(=O)[C@]31CCCC[C@]21O[Si](C)(C)C. The molecule has 0 aromatic carbocycles. The maximum atomic E-state index is 12.7. The van der Waals surface area contributed by atoms with E-state index in [0.717, 1.165) is 19.3 Å². The second kappa shape index (κ2) is 3.69. The molecule has 20 heavy (non-hydrogen) atoms. The zero-order valence-electron chi connectivity index (χ0n) is 13.1. The normalized spacial score (nSPS) is 53.1. The van der Waals surface area contributed by atoms with Crippen molar-refractivity contribution in [2.75, 3.05) is 0 Å². The standard InChI is InChI=1S/C16H26O3Si/c1-10-9-11-12-13(10)18-14(17)15(12)7-5-6-8-16(11,15)19-20(2,3)4/h10-13H,5-9H2,1-4H3/t10-,11-,12-,13+,15-,16-/m0/s1. The number of fused-ring (bicyclic) bond motifs is 1. The molecule has 1 spiro atoms. The summed E-state index contributed by atoms with van der Waals surface area (Å²) in [5.74, 6) is 1.62. The minimum Gasteiger partial charge on any atom is -0.461 e. The Morgan fingerprint density at radius 1 is 1.25 bits per heavy atom. The molecule has 0 amide bonds. The number of hydrogen-bond acceptors (Lipinski definition) is 3. The number of hydrogen-bond donors (Lipinski definition) is 0. The Balaban J connectivity index is 1.81. The van der Waals surface area contributed by atoms with E-state index in [2.05, 4.69) is 26.6 Å². The zero-order valence-corrected chi connectivity index (χ0v) is 14.1. The number of esters is 1.